The quantitative estimate of drug-likeness (QED) is 0.836. The van der Waals surface area contributed by atoms with Gasteiger partial charge < -0.3 is 10.4 Å². The van der Waals surface area contributed by atoms with Crippen molar-refractivity contribution in [2.75, 3.05) is 5.32 Å². The third-order valence-corrected chi connectivity index (χ3v) is 2.79. The van der Waals surface area contributed by atoms with E-state index < -0.39 is 5.97 Å². The molecule has 0 fully saturated rings. The summed E-state index contributed by atoms with van der Waals surface area (Å²) < 4.78 is 0. The Hall–Kier alpha value is -2.88. The Morgan fingerprint density at radius 1 is 1.10 bits per heavy atom. The van der Waals surface area contributed by atoms with Gasteiger partial charge in [-0.3, -0.25) is 4.79 Å². The van der Waals surface area contributed by atoms with Crippen LogP contribution in [0.25, 0.3) is 11.1 Å². The predicted molar refractivity (Wildman–Crippen MR) is 77.7 cm³/mol. The molecular weight excluding hydrogens is 254 g/mol. The van der Waals surface area contributed by atoms with Gasteiger partial charge in [0.15, 0.2) is 0 Å². The van der Waals surface area contributed by atoms with Crippen LogP contribution in [0.3, 0.4) is 0 Å². The molecular formula is C16H13NO3. The van der Waals surface area contributed by atoms with E-state index in [1.54, 1.807) is 6.07 Å². The maximum absolute atomic E-state index is 11.5. The van der Waals surface area contributed by atoms with Gasteiger partial charge in [-0.05, 0) is 23.8 Å². The van der Waals surface area contributed by atoms with Gasteiger partial charge in [0.2, 0.25) is 5.91 Å². The summed E-state index contributed by atoms with van der Waals surface area (Å²) in [6, 6.07) is 14.0. The van der Waals surface area contributed by atoms with Gasteiger partial charge in [-0.1, -0.05) is 43.0 Å². The smallest absolute Gasteiger partial charge is 0.335 e. The monoisotopic (exact) mass is 267 g/mol. The molecule has 4 heteroatoms. The lowest BCUT2D eigenvalue weighted by molar-refractivity contribution is -0.111. The Morgan fingerprint density at radius 2 is 1.80 bits per heavy atom. The lowest BCUT2D eigenvalue weighted by Gasteiger charge is -2.11. The topological polar surface area (TPSA) is 66.4 Å². The van der Waals surface area contributed by atoms with E-state index in [4.69, 9.17) is 5.11 Å². The summed E-state index contributed by atoms with van der Waals surface area (Å²) in [6.45, 7) is 3.39. The Kier molecular flexibility index (Phi) is 3.96. The highest BCUT2D eigenvalue weighted by Crippen LogP contribution is 2.29. The van der Waals surface area contributed by atoms with Crippen molar-refractivity contribution in [3.05, 3.63) is 66.7 Å². The average molecular weight is 267 g/mol. The van der Waals surface area contributed by atoms with Crippen LogP contribution in [0.5, 0.6) is 0 Å². The molecule has 1 amide bonds. The van der Waals surface area contributed by atoms with E-state index in [0.29, 0.717) is 5.69 Å². The van der Waals surface area contributed by atoms with Gasteiger partial charge in [0.25, 0.3) is 0 Å². The van der Waals surface area contributed by atoms with E-state index in [-0.39, 0.29) is 11.5 Å². The molecule has 0 aliphatic rings. The fraction of sp³-hybridized carbons (Fsp3) is 0. The van der Waals surface area contributed by atoms with Gasteiger partial charge >= 0.3 is 5.97 Å². The largest absolute Gasteiger partial charge is 0.478 e. The zero-order valence-corrected chi connectivity index (χ0v) is 10.7. The van der Waals surface area contributed by atoms with Gasteiger partial charge in [0.1, 0.15) is 0 Å². The number of amides is 1. The van der Waals surface area contributed by atoms with Crippen LogP contribution in [0.4, 0.5) is 5.69 Å². The molecule has 100 valence electrons. The Labute approximate surface area is 116 Å². The molecule has 0 aliphatic heterocycles. The summed E-state index contributed by atoms with van der Waals surface area (Å²) in [6.07, 6.45) is 1.14. The first-order chi connectivity index (χ1) is 9.61. The summed E-state index contributed by atoms with van der Waals surface area (Å²) in [5.41, 5.74) is 2.21. The van der Waals surface area contributed by atoms with Crippen LogP contribution in [0.2, 0.25) is 0 Å². The molecule has 20 heavy (non-hydrogen) atoms. The van der Waals surface area contributed by atoms with E-state index in [0.717, 1.165) is 17.2 Å². The highest BCUT2D eigenvalue weighted by Gasteiger charge is 2.11. The molecule has 0 saturated carbocycles. The molecule has 0 radical (unpaired) electrons. The summed E-state index contributed by atoms with van der Waals surface area (Å²) in [5.74, 6) is -1.43. The summed E-state index contributed by atoms with van der Waals surface area (Å²) >= 11 is 0. The number of aromatic carboxylic acids is 1. The second-order valence-corrected chi connectivity index (χ2v) is 4.12. The molecule has 0 saturated heterocycles. The minimum absolute atomic E-state index is 0.115. The first-order valence-electron chi connectivity index (χ1n) is 5.98. The van der Waals surface area contributed by atoms with E-state index in [2.05, 4.69) is 11.9 Å². The van der Waals surface area contributed by atoms with Crippen LogP contribution >= 0.6 is 0 Å². The van der Waals surface area contributed by atoms with E-state index in [9.17, 15) is 9.59 Å². The van der Waals surface area contributed by atoms with Gasteiger partial charge in [-0.15, -0.1) is 0 Å². The maximum atomic E-state index is 11.5. The summed E-state index contributed by atoms with van der Waals surface area (Å²) in [7, 11) is 0. The zero-order chi connectivity index (χ0) is 14.5. The molecule has 0 aromatic heterocycles. The molecule has 2 aromatic carbocycles. The van der Waals surface area contributed by atoms with Crippen LogP contribution in [0.1, 0.15) is 10.4 Å². The molecule has 0 heterocycles. The SMILES string of the molecule is C=CC(=O)Nc1cc(C(=O)O)ccc1-c1ccccc1. The van der Waals surface area contributed by atoms with Crippen LogP contribution in [0.15, 0.2) is 61.2 Å². The van der Waals surface area contributed by atoms with E-state index >= 15 is 0 Å². The number of carboxylic acids is 1. The second-order valence-electron chi connectivity index (χ2n) is 4.12. The molecule has 4 nitrogen and oxygen atoms in total. The van der Waals surface area contributed by atoms with E-state index in [1.165, 1.54) is 12.1 Å². The number of hydrogen-bond donors (Lipinski definition) is 2. The van der Waals surface area contributed by atoms with Crippen LogP contribution < -0.4 is 5.32 Å². The number of nitrogens with one attached hydrogen (secondary N) is 1. The fourth-order valence-electron chi connectivity index (χ4n) is 1.83. The van der Waals surface area contributed by atoms with Crippen LogP contribution in [0, 0.1) is 0 Å². The molecule has 0 spiro atoms. The minimum Gasteiger partial charge on any atom is -0.478 e. The average Bonchev–Trinajstić information content (AvgIpc) is 2.47. The molecule has 2 N–H and O–H groups in total. The lowest BCUT2D eigenvalue weighted by atomic mass is 10.0. The van der Waals surface area contributed by atoms with Crippen molar-refractivity contribution in [3.63, 3.8) is 0 Å². The molecule has 0 bridgehead atoms. The van der Waals surface area contributed by atoms with Crippen LogP contribution in [-0.2, 0) is 4.79 Å². The third-order valence-electron chi connectivity index (χ3n) is 2.79. The van der Waals surface area contributed by atoms with Crippen molar-refractivity contribution in [1.29, 1.82) is 0 Å². The number of benzene rings is 2. The van der Waals surface area contributed by atoms with Gasteiger partial charge in [-0.25, -0.2) is 4.79 Å². The number of carbonyl (C=O) groups excluding carboxylic acids is 1. The fourth-order valence-corrected chi connectivity index (χ4v) is 1.83. The van der Waals surface area contributed by atoms with E-state index in [1.807, 2.05) is 30.3 Å². The van der Waals surface area contributed by atoms with Crippen molar-refractivity contribution in [2.45, 2.75) is 0 Å². The van der Waals surface area contributed by atoms with Crippen molar-refractivity contribution in [1.82, 2.24) is 0 Å². The molecule has 0 atom stereocenters. The molecule has 0 unspecified atom stereocenters. The third kappa shape index (κ3) is 2.92. The number of rotatable bonds is 4. The first kappa shape index (κ1) is 13.5. The first-order valence-corrected chi connectivity index (χ1v) is 5.98. The Bertz CT molecular complexity index is 663. The van der Waals surface area contributed by atoms with Crippen molar-refractivity contribution in [3.8, 4) is 11.1 Å². The summed E-state index contributed by atoms with van der Waals surface area (Å²) in [5, 5.41) is 11.7. The lowest BCUT2D eigenvalue weighted by Crippen LogP contribution is -2.09. The van der Waals surface area contributed by atoms with Crippen molar-refractivity contribution < 1.29 is 14.7 Å². The Balaban J connectivity index is 2.52. The standard InChI is InChI=1S/C16H13NO3/c1-2-15(18)17-14-10-12(16(19)20)8-9-13(14)11-6-4-3-5-7-11/h2-10H,1H2,(H,17,18)(H,19,20). The molecule has 0 aliphatic carbocycles. The highest BCUT2D eigenvalue weighted by atomic mass is 16.4. The zero-order valence-electron chi connectivity index (χ0n) is 10.7. The highest BCUT2D eigenvalue weighted by molar-refractivity contribution is 6.03. The molecule has 2 aromatic rings. The second kappa shape index (κ2) is 5.84. The molecule has 2 rings (SSSR count). The van der Waals surface area contributed by atoms with Crippen molar-refractivity contribution in [2.24, 2.45) is 0 Å². The van der Waals surface area contributed by atoms with Crippen molar-refractivity contribution >= 4 is 17.6 Å². The van der Waals surface area contributed by atoms with Gasteiger partial charge in [0.05, 0.1) is 5.56 Å². The maximum Gasteiger partial charge on any atom is 0.335 e. The normalized spacial score (nSPS) is 9.80. The number of carbonyl (C=O) groups is 2. The van der Waals surface area contributed by atoms with Gasteiger partial charge in [-0.2, -0.15) is 0 Å². The van der Waals surface area contributed by atoms with Crippen LogP contribution in [-0.4, -0.2) is 17.0 Å². The minimum atomic E-state index is -1.04. The predicted octanol–water partition coefficient (Wildman–Crippen LogP) is 3.18. The number of anilines is 1. The summed E-state index contributed by atoms with van der Waals surface area (Å²) in [4.78, 5) is 22.5. The number of carboxylic acid groups (broad SMARTS) is 1. The van der Waals surface area contributed by atoms with Gasteiger partial charge in [0, 0.05) is 11.3 Å². The number of hydrogen-bond acceptors (Lipinski definition) is 2. The Morgan fingerprint density at radius 3 is 2.40 bits per heavy atom.